The number of carbonyl (C=O) groups is 1. The van der Waals surface area contributed by atoms with Crippen LogP contribution in [-0.4, -0.2) is 29.1 Å². The molecule has 0 bridgehead atoms. The van der Waals surface area contributed by atoms with E-state index in [1.165, 1.54) is 59.4 Å². The summed E-state index contributed by atoms with van der Waals surface area (Å²) in [5.74, 6) is 8.48. The van der Waals surface area contributed by atoms with Gasteiger partial charge in [0.15, 0.2) is 5.78 Å². The molecule has 1 aromatic heterocycles. The Morgan fingerprint density at radius 1 is 0.978 bits per heavy atom. The van der Waals surface area contributed by atoms with Crippen LogP contribution >= 0.6 is 11.8 Å². The third kappa shape index (κ3) is 8.71. The van der Waals surface area contributed by atoms with Crippen LogP contribution in [0, 0.1) is 17.9 Å². The van der Waals surface area contributed by atoms with E-state index in [0.29, 0.717) is 5.92 Å². The fourth-order valence-corrected chi connectivity index (χ4v) is 10.8. The molecule has 0 unspecified atom stereocenters. The average molecular weight is 862 g/mol. The Labute approximate surface area is 291 Å². The van der Waals surface area contributed by atoms with Gasteiger partial charge in [-0.25, -0.2) is 0 Å². The van der Waals surface area contributed by atoms with Crippen molar-refractivity contribution in [2.45, 2.75) is 105 Å². The fourth-order valence-electron chi connectivity index (χ4n) is 6.33. The SMILES string of the molecule is CC(C)c1c2c([c-]c3ccccc13)-c1nccc3cc([CH2][Ge]([CH3])([CH3])[CH3])cc(c13)S2.CCC(CC)C(=O)/C=C(\O)C(CC)CC.[Ir]. The summed E-state index contributed by atoms with van der Waals surface area (Å²) in [7, 11) is 0. The normalized spacial score (nSPS) is 12.8. The van der Waals surface area contributed by atoms with Gasteiger partial charge in [-0.2, -0.15) is 0 Å². The Kier molecular flexibility index (Phi) is 13.6. The number of aromatic nitrogens is 1. The molecule has 243 valence electrons. The van der Waals surface area contributed by atoms with E-state index in [-0.39, 0.29) is 43.5 Å². The van der Waals surface area contributed by atoms with Crippen molar-refractivity contribution in [3.63, 3.8) is 0 Å². The van der Waals surface area contributed by atoms with Crippen LogP contribution in [0.15, 0.2) is 70.3 Å². The molecule has 0 spiro atoms. The van der Waals surface area contributed by atoms with Crippen molar-refractivity contribution >= 4 is 52.4 Å². The van der Waals surface area contributed by atoms with Gasteiger partial charge < -0.3 is 5.11 Å². The number of fused-ring (bicyclic) bond motifs is 3. The number of hydrogen-bond donors (Lipinski definition) is 1. The zero-order valence-corrected chi connectivity index (χ0v) is 33.8. The third-order valence-corrected chi connectivity index (χ3v) is 12.9. The second-order valence-corrected chi connectivity index (χ2v) is 26.2. The van der Waals surface area contributed by atoms with Crippen molar-refractivity contribution in [3.8, 4) is 11.3 Å². The Morgan fingerprint density at radius 3 is 2.22 bits per heavy atom. The van der Waals surface area contributed by atoms with Crippen molar-refractivity contribution in [3.05, 3.63) is 77.7 Å². The molecule has 0 atom stereocenters. The number of rotatable bonds is 10. The van der Waals surface area contributed by atoms with E-state index in [0.717, 1.165) is 31.4 Å². The van der Waals surface area contributed by atoms with Crippen LogP contribution in [0.5, 0.6) is 0 Å². The Bertz CT molecular complexity index is 1670. The van der Waals surface area contributed by atoms with E-state index in [1.54, 1.807) is 0 Å². The number of hydrogen-bond acceptors (Lipinski definition) is 4. The average Bonchev–Trinajstić information content (AvgIpc) is 2.96. The predicted octanol–water partition coefficient (Wildman–Crippen LogP) is 11.7. The third-order valence-electron chi connectivity index (χ3n) is 8.68. The van der Waals surface area contributed by atoms with E-state index < -0.39 is 13.3 Å². The van der Waals surface area contributed by atoms with Crippen LogP contribution in [-0.2, 0) is 30.2 Å². The molecule has 0 saturated carbocycles. The van der Waals surface area contributed by atoms with Crippen LogP contribution in [0.2, 0.25) is 17.3 Å². The molecule has 1 radical (unpaired) electrons. The van der Waals surface area contributed by atoms with Crippen LogP contribution in [0.3, 0.4) is 0 Å². The number of allylic oxidation sites excluding steroid dienone is 2. The Morgan fingerprint density at radius 2 is 1.62 bits per heavy atom. The first-order chi connectivity index (χ1) is 20.9. The molecule has 2 heterocycles. The number of pyridine rings is 1. The molecular weight excluding hydrogens is 811 g/mol. The molecule has 3 nitrogen and oxygen atoms in total. The second-order valence-electron chi connectivity index (χ2n) is 13.6. The zero-order chi connectivity index (χ0) is 32.2. The van der Waals surface area contributed by atoms with E-state index in [4.69, 9.17) is 4.98 Å². The van der Waals surface area contributed by atoms with Crippen molar-refractivity contribution in [1.82, 2.24) is 4.98 Å². The summed E-state index contributed by atoms with van der Waals surface area (Å²) in [6, 6.07) is 19.4. The quantitative estimate of drug-likeness (QED) is 0.0658. The molecule has 0 amide bonds. The summed E-state index contributed by atoms with van der Waals surface area (Å²) >= 11 is 0.243. The predicted molar refractivity (Wildman–Crippen MR) is 193 cm³/mol. The molecule has 45 heavy (non-hydrogen) atoms. The molecule has 1 aliphatic heterocycles. The van der Waals surface area contributed by atoms with Crippen molar-refractivity contribution < 1.29 is 30.0 Å². The molecule has 4 aromatic rings. The monoisotopic (exact) mass is 863 g/mol. The smallest absolute Gasteiger partial charge is 0.162 e. The molecule has 6 heteroatoms. The minimum absolute atomic E-state index is 0. The van der Waals surface area contributed by atoms with Gasteiger partial charge in [0, 0.05) is 38.0 Å². The molecule has 0 fully saturated rings. The maximum Gasteiger partial charge on any atom is 0.162 e. The Balaban J connectivity index is 0.000000297. The molecule has 0 saturated heterocycles. The summed E-state index contributed by atoms with van der Waals surface area (Å²) in [6.07, 6.45) is 6.88. The van der Waals surface area contributed by atoms with Crippen LogP contribution in [0.25, 0.3) is 32.8 Å². The van der Waals surface area contributed by atoms with E-state index in [2.05, 4.69) is 79.6 Å². The maximum absolute atomic E-state index is 11.7. The first-order valence-corrected chi connectivity index (χ1v) is 25.0. The summed E-state index contributed by atoms with van der Waals surface area (Å²) < 4.78 is 0. The molecular formula is C39H50GeIrNO2S-. The van der Waals surface area contributed by atoms with E-state index >= 15 is 0 Å². The van der Waals surface area contributed by atoms with Crippen molar-refractivity contribution in [2.24, 2.45) is 11.8 Å². The fraction of sp³-hybridized carbons (Fsp3) is 0.436. The van der Waals surface area contributed by atoms with E-state index in [1.807, 2.05) is 45.7 Å². The number of ketones is 1. The van der Waals surface area contributed by atoms with Gasteiger partial charge in [0.25, 0.3) is 0 Å². The molecule has 1 N–H and O–H groups in total. The van der Waals surface area contributed by atoms with Gasteiger partial charge in [-0.05, 0) is 25.7 Å². The van der Waals surface area contributed by atoms with E-state index in [9.17, 15) is 9.90 Å². The molecule has 0 aliphatic carbocycles. The van der Waals surface area contributed by atoms with Gasteiger partial charge in [0.2, 0.25) is 0 Å². The minimum Gasteiger partial charge on any atom is -0.512 e. The number of aliphatic hydroxyl groups is 1. The van der Waals surface area contributed by atoms with Crippen molar-refractivity contribution in [1.29, 1.82) is 0 Å². The zero-order valence-electron chi connectivity index (χ0n) is 28.5. The van der Waals surface area contributed by atoms with Gasteiger partial charge in [-0.3, -0.25) is 4.79 Å². The maximum atomic E-state index is 11.7. The largest absolute Gasteiger partial charge is 0.512 e. The summed E-state index contributed by atoms with van der Waals surface area (Å²) in [6.45, 7) is 12.7. The summed E-state index contributed by atoms with van der Waals surface area (Å²) in [5, 5.41) is 16.2. The number of benzene rings is 3. The van der Waals surface area contributed by atoms with Gasteiger partial charge in [-0.15, -0.1) is 0 Å². The number of nitrogens with zero attached hydrogens (tertiary/aromatic N) is 1. The van der Waals surface area contributed by atoms with Crippen molar-refractivity contribution in [2.75, 3.05) is 0 Å². The van der Waals surface area contributed by atoms with Gasteiger partial charge in [0.05, 0.1) is 5.76 Å². The molecule has 5 rings (SSSR count). The first-order valence-electron chi connectivity index (χ1n) is 16.4. The minimum atomic E-state index is -1.69. The number of aliphatic hydroxyl groups excluding tert-OH is 1. The molecule has 1 aliphatic rings. The first kappa shape index (κ1) is 37.5. The van der Waals surface area contributed by atoms with Gasteiger partial charge >= 0.3 is 181 Å². The van der Waals surface area contributed by atoms with Crippen LogP contribution in [0.1, 0.15) is 84.3 Å². The Hall–Kier alpha value is -1.92. The van der Waals surface area contributed by atoms with Gasteiger partial charge in [0.1, 0.15) is 0 Å². The van der Waals surface area contributed by atoms with Crippen LogP contribution in [0.4, 0.5) is 0 Å². The van der Waals surface area contributed by atoms with Gasteiger partial charge in [-0.1, -0.05) is 27.7 Å². The standard InChI is InChI=1S/C26H26GeNS.C13H24O2.Ir/c1-16(2)23-20-9-7-6-8-18(20)14-21-25-24-19(10-11-28-25)12-17(15-27(3,4)5)13-22(24)29-26(21)23;1-5-10(6-2)12(14)9-13(15)11(7-3)8-4;/h6-13,16H,15H2,1-5H3;9-11,14H,5-8H2,1-4H3;/q-1;;/b;12-9-;. The topological polar surface area (TPSA) is 50.2 Å². The molecule has 3 aromatic carbocycles. The summed E-state index contributed by atoms with van der Waals surface area (Å²) in [4.78, 5) is 19.3. The second kappa shape index (κ2) is 16.3. The summed E-state index contributed by atoms with van der Waals surface area (Å²) in [5.41, 5.74) is 5.20. The number of carbonyl (C=O) groups excluding carboxylic acids is 1. The van der Waals surface area contributed by atoms with Crippen LogP contribution < -0.4 is 0 Å².